The topological polar surface area (TPSA) is 35.5 Å². The van der Waals surface area contributed by atoms with E-state index in [1.165, 1.54) is 57.8 Å². The van der Waals surface area contributed by atoms with Gasteiger partial charge in [-0.05, 0) is 43.6 Å². The summed E-state index contributed by atoms with van der Waals surface area (Å²) in [5, 5.41) is 0. The molecular weight excluding hydrogens is 362 g/mol. The van der Waals surface area contributed by atoms with E-state index in [0.29, 0.717) is 12.8 Å². The molecule has 1 aromatic rings. The number of halogens is 2. The van der Waals surface area contributed by atoms with Crippen molar-refractivity contribution in [3.63, 3.8) is 0 Å². The average Bonchev–Trinajstić information content (AvgIpc) is 2.70. The SMILES string of the molecule is CCCC1CCC(CCC2CCC(c3ccc(OC)c(F)c3F)C(=O)O2)CC1. The number of hydrogen-bond acceptors (Lipinski definition) is 3. The van der Waals surface area contributed by atoms with Crippen LogP contribution in [0.1, 0.15) is 82.6 Å². The standard InChI is InChI=1S/C23H32F2O3/c1-3-4-15-5-7-16(8-6-15)9-10-17-11-12-19(23(26)28-17)18-13-14-20(27-2)22(25)21(18)24/h13-17,19H,3-12H2,1-2H3. The molecule has 1 aromatic carbocycles. The van der Waals surface area contributed by atoms with Gasteiger partial charge in [-0.2, -0.15) is 4.39 Å². The van der Waals surface area contributed by atoms with E-state index in [0.717, 1.165) is 24.7 Å². The van der Waals surface area contributed by atoms with Crippen LogP contribution in [0.3, 0.4) is 0 Å². The molecule has 2 fully saturated rings. The normalized spacial score (nSPS) is 28.1. The molecule has 156 valence electrons. The monoisotopic (exact) mass is 394 g/mol. The van der Waals surface area contributed by atoms with Crippen molar-refractivity contribution >= 4 is 5.97 Å². The summed E-state index contributed by atoms with van der Waals surface area (Å²) in [7, 11) is 1.28. The lowest BCUT2D eigenvalue weighted by Crippen LogP contribution is -2.31. The van der Waals surface area contributed by atoms with Crippen LogP contribution < -0.4 is 4.74 Å². The summed E-state index contributed by atoms with van der Waals surface area (Å²) < 4.78 is 38.7. The summed E-state index contributed by atoms with van der Waals surface area (Å²) in [5.41, 5.74) is 0.0657. The number of esters is 1. The highest BCUT2D eigenvalue weighted by atomic mass is 19.2. The first-order valence-electron chi connectivity index (χ1n) is 10.8. The van der Waals surface area contributed by atoms with Gasteiger partial charge in [0.25, 0.3) is 0 Å². The molecule has 0 aromatic heterocycles. The maximum atomic E-state index is 14.3. The first-order chi connectivity index (χ1) is 13.5. The van der Waals surface area contributed by atoms with Crippen molar-refractivity contribution in [3.8, 4) is 5.75 Å². The number of carbonyl (C=O) groups is 1. The van der Waals surface area contributed by atoms with Gasteiger partial charge in [-0.15, -0.1) is 0 Å². The Morgan fingerprint density at radius 3 is 2.25 bits per heavy atom. The fourth-order valence-corrected chi connectivity index (χ4v) is 4.87. The fourth-order valence-electron chi connectivity index (χ4n) is 4.87. The van der Waals surface area contributed by atoms with Crippen molar-refractivity contribution in [1.29, 1.82) is 0 Å². The van der Waals surface area contributed by atoms with Crippen LogP contribution in [-0.4, -0.2) is 19.2 Å². The number of carbonyl (C=O) groups excluding carboxylic acids is 1. The summed E-state index contributed by atoms with van der Waals surface area (Å²) in [6, 6.07) is 2.79. The molecule has 28 heavy (non-hydrogen) atoms. The van der Waals surface area contributed by atoms with E-state index in [1.807, 2.05) is 0 Å². The molecule has 1 aliphatic carbocycles. The van der Waals surface area contributed by atoms with Crippen molar-refractivity contribution in [3.05, 3.63) is 29.3 Å². The zero-order valence-corrected chi connectivity index (χ0v) is 17.0. The Labute approximate surface area is 166 Å². The van der Waals surface area contributed by atoms with E-state index >= 15 is 0 Å². The molecule has 2 unspecified atom stereocenters. The fraction of sp³-hybridized carbons (Fsp3) is 0.696. The first kappa shape index (κ1) is 21.1. The third-order valence-corrected chi connectivity index (χ3v) is 6.58. The molecule has 1 saturated carbocycles. The molecule has 1 aliphatic heterocycles. The lowest BCUT2D eigenvalue weighted by molar-refractivity contribution is -0.156. The number of ether oxygens (including phenoxy) is 2. The summed E-state index contributed by atoms with van der Waals surface area (Å²) in [6.07, 6.45) is 10.9. The third kappa shape index (κ3) is 4.84. The Morgan fingerprint density at radius 1 is 0.964 bits per heavy atom. The molecule has 0 bridgehead atoms. The maximum absolute atomic E-state index is 14.3. The number of cyclic esters (lactones) is 1. The molecule has 5 heteroatoms. The molecule has 3 nitrogen and oxygen atoms in total. The minimum atomic E-state index is -1.05. The predicted octanol–water partition coefficient (Wildman–Crippen LogP) is 6.15. The van der Waals surface area contributed by atoms with Crippen molar-refractivity contribution in [2.45, 2.75) is 83.2 Å². The number of rotatable bonds is 7. The Morgan fingerprint density at radius 2 is 1.64 bits per heavy atom. The van der Waals surface area contributed by atoms with E-state index in [1.54, 1.807) is 0 Å². The van der Waals surface area contributed by atoms with E-state index in [2.05, 4.69) is 6.92 Å². The van der Waals surface area contributed by atoms with Gasteiger partial charge >= 0.3 is 5.97 Å². The van der Waals surface area contributed by atoms with Gasteiger partial charge in [0.1, 0.15) is 6.10 Å². The maximum Gasteiger partial charge on any atom is 0.313 e. The quantitative estimate of drug-likeness (QED) is 0.520. The van der Waals surface area contributed by atoms with Crippen LogP contribution in [0.5, 0.6) is 5.75 Å². The van der Waals surface area contributed by atoms with E-state index in [-0.39, 0.29) is 17.4 Å². The summed E-state index contributed by atoms with van der Waals surface area (Å²) in [6.45, 7) is 2.25. The molecular formula is C23H32F2O3. The summed E-state index contributed by atoms with van der Waals surface area (Å²) in [4.78, 5) is 12.4. The highest BCUT2D eigenvalue weighted by molar-refractivity contribution is 5.79. The Kier molecular flexibility index (Phi) is 7.30. The van der Waals surface area contributed by atoms with E-state index in [9.17, 15) is 13.6 Å². The smallest absolute Gasteiger partial charge is 0.313 e. The lowest BCUT2D eigenvalue weighted by Gasteiger charge is -2.32. The lowest BCUT2D eigenvalue weighted by atomic mass is 9.78. The molecule has 0 spiro atoms. The second-order valence-electron chi connectivity index (χ2n) is 8.43. The van der Waals surface area contributed by atoms with Crippen LogP contribution in [0.2, 0.25) is 0 Å². The summed E-state index contributed by atoms with van der Waals surface area (Å²) in [5.74, 6) is -1.76. The van der Waals surface area contributed by atoms with Crippen LogP contribution >= 0.6 is 0 Å². The molecule has 0 amide bonds. The van der Waals surface area contributed by atoms with Crippen LogP contribution in [0.4, 0.5) is 8.78 Å². The van der Waals surface area contributed by atoms with Crippen molar-refractivity contribution in [2.75, 3.05) is 7.11 Å². The highest BCUT2D eigenvalue weighted by Gasteiger charge is 2.34. The van der Waals surface area contributed by atoms with Gasteiger partial charge in [0, 0.05) is 5.56 Å². The molecule has 1 saturated heterocycles. The van der Waals surface area contributed by atoms with E-state index in [4.69, 9.17) is 9.47 Å². The van der Waals surface area contributed by atoms with Crippen molar-refractivity contribution < 1.29 is 23.0 Å². The molecule has 1 heterocycles. The van der Waals surface area contributed by atoms with Crippen LogP contribution in [0.15, 0.2) is 12.1 Å². The molecule has 2 atom stereocenters. The zero-order valence-electron chi connectivity index (χ0n) is 17.0. The Hall–Kier alpha value is -1.65. The van der Waals surface area contributed by atoms with Crippen LogP contribution in [-0.2, 0) is 9.53 Å². The molecule has 0 N–H and O–H groups in total. The Bertz CT molecular complexity index is 668. The van der Waals surface area contributed by atoms with Crippen molar-refractivity contribution in [2.24, 2.45) is 11.8 Å². The second kappa shape index (κ2) is 9.71. The Balaban J connectivity index is 1.49. The summed E-state index contributed by atoms with van der Waals surface area (Å²) >= 11 is 0. The highest BCUT2D eigenvalue weighted by Crippen LogP contribution is 2.37. The molecule has 3 rings (SSSR count). The molecule has 2 aliphatic rings. The van der Waals surface area contributed by atoms with Crippen molar-refractivity contribution in [1.82, 2.24) is 0 Å². The van der Waals surface area contributed by atoms with Gasteiger partial charge in [0.05, 0.1) is 13.0 Å². The zero-order chi connectivity index (χ0) is 20.1. The number of methoxy groups -OCH3 is 1. The largest absolute Gasteiger partial charge is 0.494 e. The average molecular weight is 395 g/mol. The van der Waals surface area contributed by atoms with Crippen LogP contribution in [0, 0.1) is 23.5 Å². The van der Waals surface area contributed by atoms with Gasteiger partial charge in [-0.3, -0.25) is 4.79 Å². The predicted molar refractivity (Wildman–Crippen MR) is 104 cm³/mol. The minimum absolute atomic E-state index is 0.0657. The van der Waals surface area contributed by atoms with Gasteiger partial charge in [0.15, 0.2) is 11.6 Å². The third-order valence-electron chi connectivity index (χ3n) is 6.58. The first-order valence-corrected chi connectivity index (χ1v) is 10.8. The van der Waals surface area contributed by atoms with E-state index < -0.39 is 23.5 Å². The minimum Gasteiger partial charge on any atom is -0.494 e. The number of benzene rings is 1. The number of hydrogen-bond donors (Lipinski definition) is 0. The second-order valence-corrected chi connectivity index (χ2v) is 8.43. The molecule has 0 radical (unpaired) electrons. The van der Waals surface area contributed by atoms with Gasteiger partial charge in [0.2, 0.25) is 5.82 Å². The van der Waals surface area contributed by atoms with Gasteiger partial charge < -0.3 is 9.47 Å². The van der Waals surface area contributed by atoms with Crippen LogP contribution in [0.25, 0.3) is 0 Å². The van der Waals surface area contributed by atoms with Gasteiger partial charge in [-0.1, -0.05) is 51.5 Å². The van der Waals surface area contributed by atoms with Gasteiger partial charge in [-0.25, -0.2) is 4.39 Å².